The fraction of sp³-hybridized carbons (Fsp3) is 0.533. The predicted molar refractivity (Wildman–Crippen MR) is 72.7 cm³/mol. The summed E-state index contributed by atoms with van der Waals surface area (Å²) >= 11 is 0. The topological polar surface area (TPSA) is 12.4 Å². The number of hydrogen-bond acceptors (Lipinski definition) is 1. The summed E-state index contributed by atoms with van der Waals surface area (Å²) in [6.45, 7) is 4.03. The second-order valence-electron chi connectivity index (χ2n) is 4.68. The predicted octanol–water partition coefficient (Wildman–Crippen LogP) is 5.07. The van der Waals surface area contributed by atoms with Crippen molar-refractivity contribution in [3.05, 3.63) is 35.4 Å². The molecule has 0 amide bonds. The van der Waals surface area contributed by atoms with Crippen molar-refractivity contribution in [2.75, 3.05) is 7.05 Å². The minimum atomic E-state index is -4.27. The molecule has 0 fully saturated rings. The summed E-state index contributed by atoms with van der Waals surface area (Å²) in [4.78, 5) is 4.18. The second-order valence-corrected chi connectivity index (χ2v) is 4.68. The normalized spacial score (nSPS) is 14.5. The van der Waals surface area contributed by atoms with Gasteiger partial charge in [0.15, 0.2) is 0 Å². The Morgan fingerprint density at radius 1 is 1.21 bits per heavy atom. The van der Waals surface area contributed by atoms with Crippen LogP contribution in [0.25, 0.3) is 0 Å². The summed E-state index contributed by atoms with van der Waals surface area (Å²) in [6.07, 6.45) is -1.25. The highest BCUT2D eigenvalue weighted by atomic mass is 19.4. The van der Waals surface area contributed by atoms with Crippen LogP contribution in [0.5, 0.6) is 0 Å². The molecule has 0 aliphatic carbocycles. The highest BCUT2D eigenvalue weighted by Gasteiger charge is 2.30. The van der Waals surface area contributed by atoms with Crippen molar-refractivity contribution >= 4 is 5.71 Å². The Morgan fingerprint density at radius 2 is 1.79 bits per heavy atom. The van der Waals surface area contributed by atoms with E-state index in [9.17, 15) is 13.2 Å². The van der Waals surface area contributed by atoms with Gasteiger partial charge in [-0.3, -0.25) is 4.99 Å². The van der Waals surface area contributed by atoms with Gasteiger partial charge in [0, 0.05) is 18.7 Å². The van der Waals surface area contributed by atoms with Crippen molar-refractivity contribution < 1.29 is 13.2 Å². The van der Waals surface area contributed by atoms with Crippen LogP contribution in [-0.4, -0.2) is 12.8 Å². The number of hydrogen-bond donors (Lipinski definition) is 0. The van der Waals surface area contributed by atoms with E-state index in [1.165, 1.54) is 0 Å². The molecule has 1 atom stereocenters. The van der Waals surface area contributed by atoms with Gasteiger partial charge in [0.05, 0.1) is 5.56 Å². The fourth-order valence-electron chi connectivity index (χ4n) is 2.09. The Morgan fingerprint density at radius 3 is 2.21 bits per heavy atom. The second kappa shape index (κ2) is 6.73. The number of halogens is 3. The lowest BCUT2D eigenvalue weighted by Crippen LogP contribution is -2.11. The molecule has 1 aromatic rings. The van der Waals surface area contributed by atoms with Gasteiger partial charge in [-0.2, -0.15) is 13.2 Å². The molecule has 4 heteroatoms. The smallest absolute Gasteiger partial charge is 0.297 e. The van der Waals surface area contributed by atoms with Crippen LogP contribution in [0.4, 0.5) is 13.2 Å². The molecule has 0 aromatic heterocycles. The van der Waals surface area contributed by atoms with Crippen LogP contribution in [0.2, 0.25) is 0 Å². The number of benzene rings is 1. The van der Waals surface area contributed by atoms with Crippen LogP contribution in [0, 0.1) is 0 Å². The standard InChI is InChI=1S/C15H20F3N/c1-4-5-6-14(11(2)19-3)12-7-9-13(10-8-12)15(16,17)18/h7-10,14H,4-6H2,1-3H3. The van der Waals surface area contributed by atoms with E-state index < -0.39 is 11.7 Å². The fourth-order valence-corrected chi connectivity index (χ4v) is 2.09. The third-order valence-electron chi connectivity index (χ3n) is 3.34. The average molecular weight is 271 g/mol. The molecule has 0 saturated heterocycles. The van der Waals surface area contributed by atoms with Crippen LogP contribution in [-0.2, 0) is 6.18 Å². The van der Waals surface area contributed by atoms with E-state index in [1.54, 1.807) is 19.2 Å². The molecule has 0 saturated carbocycles. The summed E-state index contributed by atoms with van der Waals surface area (Å²) in [5, 5.41) is 0. The van der Waals surface area contributed by atoms with Gasteiger partial charge in [-0.25, -0.2) is 0 Å². The van der Waals surface area contributed by atoms with Crippen molar-refractivity contribution in [2.45, 2.75) is 45.2 Å². The summed E-state index contributed by atoms with van der Waals surface area (Å²) in [5.74, 6) is 0.118. The number of unbranched alkanes of at least 4 members (excludes halogenated alkanes) is 1. The zero-order chi connectivity index (χ0) is 14.5. The maximum Gasteiger partial charge on any atom is 0.416 e. The van der Waals surface area contributed by atoms with Gasteiger partial charge < -0.3 is 0 Å². The molecular weight excluding hydrogens is 251 g/mol. The van der Waals surface area contributed by atoms with E-state index in [0.717, 1.165) is 42.7 Å². The third kappa shape index (κ3) is 4.37. The molecule has 19 heavy (non-hydrogen) atoms. The van der Waals surface area contributed by atoms with Crippen LogP contribution < -0.4 is 0 Å². The molecule has 0 aliphatic heterocycles. The van der Waals surface area contributed by atoms with E-state index in [4.69, 9.17) is 0 Å². The molecule has 1 nitrogen and oxygen atoms in total. The molecule has 1 aromatic carbocycles. The van der Waals surface area contributed by atoms with Crippen LogP contribution in [0.3, 0.4) is 0 Å². The number of aliphatic imine (C=N–C) groups is 1. The first-order chi connectivity index (χ1) is 8.90. The van der Waals surface area contributed by atoms with Gasteiger partial charge in [-0.1, -0.05) is 31.9 Å². The maximum absolute atomic E-state index is 12.5. The first-order valence-electron chi connectivity index (χ1n) is 6.50. The SMILES string of the molecule is CCCCC(C(C)=NC)c1ccc(C(F)(F)F)cc1. The van der Waals surface area contributed by atoms with Gasteiger partial charge in [0.2, 0.25) is 0 Å². The largest absolute Gasteiger partial charge is 0.416 e. The first-order valence-corrected chi connectivity index (χ1v) is 6.50. The highest BCUT2D eigenvalue weighted by Crippen LogP contribution is 2.31. The summed E-state index contributed by atoms with van der Waals surface area (Å²) in [5.41, 5.74) is 1.27. The minimum Gasteiger partial charge on any atom is -0.297 e. The van der Waals surface area contributed by atoms with Gasteiger partial charge in [-0.05, 0) is 31.0 Å². The molecule has 0 radical (unpaired) electrons. The molecule has 0 aliphatic rings. The van der Waals surface area contributed by atoms with Crippen LogP contribution in [0.15, 0.2) is 29.3 Å². The Labute approximate surface area is 112 Å². The molecule has 0 spiro atoms. The first kappa shape index (κ1) is 15.7. The highest BCUT2D eigenvalue weighted by molar-refractivity contribution is 5.88. The third-order valence-corrected chi connectivity index (χ3v) is 3.34. The van der Waals surface area contributed by atoms with Crippen LogP contribution >= 0.6 is 0 Å². The molecule has 0 heterocycles. The Bertz CT molecular complexity index is 418. The molecule has 1 unspecified atom stereocenters. The Kier molecular flexibility index (Phi) is 5.58. The zero-order valence-corrected chi connectivity index (χ0v) is 11.6. The molecule has 1 rings (SSSR count). The van der Waals surface area contributed by atoms with E-state index in [1.807, 2.05) is 6.92 Å². The summed E-state index contributed by atoms with van der Waals surface area (Å²) in [7, 11) is 1.72. The molecular formula is C15H20F3N. The van der Waals surface area contributed by atoms with Gasteiger partial charge in [-0.15, -0.1) is 0 Å². The molecule has 106 valence electrons. The Balaban J connectivity index is 2.97. The van der Waals surface area contributed by atoms with Gasteiger partial charge >= 0.3 is 6.18 Å². The lowest BCUT2D eigenvalue weighted by molar-refractivity contribution is -0.137. The van der Waals surface area contributed by atoms with Gasteiger partial charge in [0.25, 0.3) is 0 Å². The van der Waals surface area contributed by atoms with Crippen molar-refractivity contribution in [3.8, 4) is 0 Å². The molecule has 0 N–H and O–H groups in total. The number of rotatable bonds is 5. The lowest BCUT2D eigenvalue weighted by atomic mass is 9.89. The maximum atomic E-state index is 12.5. The average Bonchev–Trinajstić information content (AvgIpc) is 2.38. The van der Waals surface area contributed by atoms with Crippen LogP contribution in [0.1, 0.15) is 50.2 Å². The number of nitrogens with zero attached hydrogens (tertiary/aromatic N) is 1. The lowest BCUT2D eigenvalue weighted by Gasteiger charge is -2.17. The quantitative estimate of drug-likeness (QED) is 0.663. The van der Waals surface area contributed by atoms with E-state index >= 15 is 0 Å². The monoisotopic (exact) mass is 271 g/mol. The van der Waals surface area contributed by atoms with E-state index in [2.05, 4.69) is 11.9 Å². The van der Waals surface area contributed by atoms with E-state index in [-0.39, 0.29) is 5.92 Å². The summed E-state index contributed by atoms with van der Waals surface area (Å²) in [6, 6.07) is 5.43. The molecule has 0 bridgehead atoms. The number of alkyl halides is 3. The Hall–Kier alpha value is -1.32. The van der Waals surface area contributed by atoms with Crippen molar-refractivity contribution in [3.63, 3.8) is 0 Å². The zero-order valence-electron chi connectivity index (χ0n) is 11.6. The summed E-state index contributed by atoms with van der Waals surface area (Å²) < 4.78 is 37.6. The van der Waals surface area contributed by atoms with Crippen molar-refractivity contribution in [1.82, 2.24) is 0 Å². The van der Waals surface area contributed by atoms with Crippen molar-refractivity contribution in [2.24, 2.45) is 4.99 Å². The van der Waals surface area contributed by atoms with E-state index in [0.29, 0.717) is 0 Å². The minimum absolute atomic E-state index is 0.118. The van der Waals surface area contributed by atoms with Crippen molar-refractivity contribution in [1.29, 1.82) is 0 Å². The van der Waals surface area contributed by atoms with Gasteiger partial charge in [0.1, 0.15) is 0 Å².